The van der Waals surface area contributed by atoms with Crippen LogP contribution >= 0.6 is 0 Å². The number of benzene rings is 3. The molecule has 3 aromatic carbocycles. The van der Waals surface area contributed by atoms with E-state index in [9.17, 15) is 9.59 Å². The van der Waals surface area contributed by atoms with Crippen LogP contribution in [0.15, 0.2) is 60.7 Å². The number of rotatable bonds is 5. The summed E-state index contributed by atoms with van der Waals surface area (Å²) in [7, 11) is 1.64. The van der Waals surface area contributed by atoms with Crippen molar-refractivity contribution < 1.29 is 19.1 Å². The van der Waals surface area contributed by atoms with Gasteiger partial charge in [-0.3, -0.25) is 9.59 Å². The highest BCUT2D eigenvalue weighted by Crippen LogP contribution is 2.35. The summed E-state index contributed by atoms with van der Waals surface area (Å²) in [4.78, 5) is 30.7. The van der Waals surface area contributed by atoms with Crippen LogP contribution in [-0.2, 0) is 20.7 Å². The Balaban J connectivity index is 1.36. The number of H-pyrrole nitrogens is 1. The molecule has 0 unspecified atom stereocenters. The van der Waals surface area contributed by atoms with Crippen molar-refractivity contribution >= 4 is 33.6 Å². The third-order valence-corrected chi connectivity index (χ3v) is 6.87. The second-order valence-electron chi connectivity index (χ2n) is 8.87. The minimum Gasteiger partial charge on any atom is -0.497 e. The molecule has 0 saturated heterocycles. The van der Waals surface area contributed by atoms with Crippen molar-refractivity contribution in [3.8, 4) is 5.75 Å². The van der Waals surface area contributed by atoms with E-state index < -0.39 is 5.92 Å². The van der Waals surface area contributed by atoms with Gasteiger partial charge in [-0.25, -0.2) is 0 Å². The zero-order valence-electron chi connectivity index (χ0n) is 19.6. The number of esters is 1. The van der Waals surface area contributed by atoms with Crippen LogP contribution in [0.1, 0.15) is 42.6 Å². The Labute approximate surface area is 198 Å². The number of para-hydroxylation sites is 1. The van der Waals surface area contributed by atoms with Gasteiger partial charge in [-0.05, 0) is 53.4 Å². The van der Waals surface area contributed by atoms with Gasteiger partial charge in [0, 0.05) is 30.1 Å². The first-order valence-corrected chi connectivity index (χ1v) is 11.6. The highest BCUT2D eigenvalue weighted by atomic mass is 16.5. The maximum absolute atomic E-state index is 13.0. The summed E-state index contributed by atoms with van der Waals surface area (Å²) in [5.74, 6) is 0.0394. The molecule has 1 N–H and O–H groups in total. The van der Waals surface area contributed by atoms with Crippen LogP contribution in [-0.4, -0.2) is 42.0 Å². The zero-order chi connectivity index (χ0) is 23.8. The predicted molar refractivity (Wildman–Crippen MR) is 132 cm³/mol. The van der Waals surface area contributed by atoms with Gasteiger partial charge in [0.2, 0.25) is 5.91 Å². The number of nitrogens with zero attached hydrogens (tertiary/aromatic N) is 1. The molecule has 6 nitrogen and oxygen atoms in total. The van der Waals surface area contributed by atoms with Gasteiger partial charge in [0.1, 0.15) is 18.4 Å². The lowest BCUT2D eigenvalue weighted by Crippen LogP contribution is -2.41. The van der Waals surface area contributed by atoms with Crippen molar-refractivity contribution in [3.05, 3.63) is 77.5 Å². The van der Waals surface area contributed by atoms with Crippen molar-refractivity contribution in [2.75, 3.05) is 20.3 Å². The molecule has 1 aliphatic rings. The number of nitrogens with one attached hydrogen (secondary N) is 1. The van der Waals surface area contributed by atoms with E-state index in [0.717, 1.165) is 45.1 Å². The van der Waals surface area contributed by atoms with E-state index >= 15 is 0 Å². The first-order valence-electron chi connectivity index (χ1n) is 11.6. The molecule has 0 saturated carbocycles. The molecule has 34 heavy (non-hydrogen) atoms. The van der Waals surface area contributed by atoms with Gasteiger partial charge in [0.15, 0.2) is 0 Å². The molecule has 6 heteroatoms. The molecule has 0 aliphatic carbocycles. The monoisotopic (exact) mass is 456 g/mol. The summed E-state index contributed by atoms with van der Waals surface area (Å²) in [6, 6.07) is 19.6. The number of amides is 1. The molecule has 2 atom stereocenters. The van der Waals surface area contributed by atoms with Gasteiger partial charge < -0.3 is 19.4 Å². The van der Waals surface area contributed by atoms with Gasteiger partial charge in [-0.2, -0.15) is 0 Å². The molecule has 4 aromatic rings. The van der Waals surface area contributed by atoms with Crippen LogP contribution in [0.3, 0.4) is 0 Å². The molecule has 174 valence electrons. The third kappa shape index (κ3) is 3.89. The smallest absolute Gasteiger partial charge is 0.313 e. The highest BCUT2D eigenvalue weighted by molar-refractivity contribution is 5.87. The molecule has 5 rings (SSSR count). The van der Waals surface area contributed by atoms with Crippen molar-refractivity contribution in [2.24, 2.45) is 0 Å². The number of aromatic amines is 1. The quantitative estimate of drug-likeness (QED) is 0.423. The molecule has 0 spiro atoms. The number of carbonyl (C=O) groups excluding carboxylic acids is 2. The minimum atomic E-state index is -0.428. The van der Waals surface area contributed by atoms with Gasteiger partial charge in [0.25, 0.3) is 0 Å². The molecule has 0 radical (unpaired) electrons. The first kappa shape index (κ1) is 22.0. The maximum Gasteiger partial charge on any atom is 0.313 e. The standard InChI is InChI=1S/C28H28N2O4/c1-17(19-8-9-21-15-22(33-3)11-10-20(21)14-19)28(32)34-16-26-27-24(12-13-30(26)18(2)31)23-6-4-5-7-25(23)29-27/h4-11,14-15,17,26,29H,12-13,16H2,1-3H3/t17-,26-/m0/s1. The summed E-state index contributed by atoms with van der Waals surface area (Å²) in [6.45, 7) is 4.14. The van der Waals surface area contributed by atoms with E-state index in [0.29, 0.717) is 6.54 Å². The number of fused-ring (bicyclic) bond motifs is 4. The molecule has 0 bridgehead atoms. The van der Waals surface area contributed by atoms with Crippen molar-refractivity contribution in [3.63, 3.8) is 0 Å². The Hall–Kier alpha value is -3.80. The Bertz CT molecular complexity index is 1390. The van der Waals surface area contributed by atoms with E-state index in [1.54, 1.807) is 18.9 Å². The Morgan fingerprint density at radius 2 is 1.85 bits per heavy atom. The maximum atomic E-state index is 13.0. The van der Waals surface area contributed by atoms with E-state index in [1.165, 1.54) is 5.56 Å². The number of aromatic nitrogens is 1. The fraction of sp³-hybridized carbons (Fsp3) is 0.286. The minimum absolute atomic E-state index is 0.0247. The summed E-state index contributed by atoms with van der Waals surface area (Å²) in [5, 5.41) is 3.25. The van der Waals surface area contributed by atoms with Gasteiger partial charge in [0.05, 0.1) is 13.0 Å². The van der Waals surface area contributed by atoms with E-state index in [2.05, 4.69) is 11.1 Å². The average Bonchev–Trinajstić information content (AvgIpc) is 3.24. The molecule has 1 aromatic heterocycles. The molecule has 0 fully saturated rings. The predicted octanol–water partition coefficient (Wildman–Crippen LogP) is 5.12. The Morgan fingerprint density at radius 1 is 1.09 bits per heavy atom. The lowest BCUT2D eigenvalue weighted by atomic mass is 9.97. The van der Waals surface area contributed by atoms with E-state index in [4.69, 9.17) is 9.47 Å². The van der Waals surface area contributed by atoms with Crippen molar-refractivity contribution in [2.45, 2.75) is 32.2 Å². The van der Waals surface area contributed by atoms with Crippen molar-refractivity contribution in [1.29, 1.82) is 0 Å². The topological polar surface area (TPSA) is 71.6 Å². The van der Waals surface area contributed by atoms with E-state index in [1.807, 2.05) is 61.5 Å². The second kappa shape index (κ2) is 8.86. The number of hydrogen-bond donors (Lipinski definition) is 1. The van der Waals surface area contributed by atoms with Gasteiger partial charge in [-0.1, -0.05) is 42.5 Å². The largest absolute Gasteiger partial charge is 0.497 e. The fourth-order valence-corrected chi connectivity index (χ4v) is 4.93. The van der Waals surface area contributed by atoms with Crippen LogP contribution in [0, 0.1) is 0 Å². The normalized spacial score (nSPS) is 16.3. The Kier molecular flexibility index (Phi) is 5.74. The molecular formula is C28H28N2O4. The molecule has 1 aliphatic heterocycles. The van der Waals surface area contributed by atoms with Crippen molar-refractivity contribution in [1.82, 2.24) is 9.88 Å². The lowest BCUT2D eigenvalue weighted by Gasteiger charge is -2.35. The highest BCUT2D eigenvalue weighted by Gasteiger charge is 2.33. The Morgan fingerprint density at radius 3 is 2.65 bits per heavy atom. The van der Waals surface area contributed by atoms with Gasteiger partial charge in [-0.15, -0.1) is 0 Å². The number of methoxy groups -OCH3 is 1. The molecular weight excluding hydrogens is 428 g/mol. The number of carbonyl (C=O) groups is 2. The third-order valence-electron chi connectivity index (χ3n) is 6.87. The summed E-state index contributed by atoms with van der Waals surface area (Å²) in [6.07, 6.45) is 0.779. The van der Waals surface area contributed by atoms with Crippen LogP contribution < -0.4 is 4.74 Å². The van der Waals surface area contributed by atoms with Crippen LogP contribution in [0.4, 0.5) is 0 Å². The van der Waals surface area contributed by atoms with Crippen LogP contribution in [0.2, 0.25) is 0 Å². The second-order valence-corrected chi connectivity index (χ2v) is 8.87. The molecule has 1 amide bonds. The van der Waals surface area contributed by atoms with Crippen LogP contribution in [0.5, 0.6) is 5.75 Å². The lowest BCUT2D eigenvalue weighted by molar-refractivity contribution is -0.149. The zero-order valence-corrected chi connectivity index (χ0v) is 19.6. The van der Waals surface area contributed by atoms with Gasteiger partial charge >= 0.3 is 5.97 Å². The summed E-state index contributed by atoms with van der Waals surface area (Å²) < 4.78 is 11.1. The number of hydrogen-bond acceptors (Lipinski definition) is 4. The van der Waals surface area contributed by atoms with Crippen LogP contribution in [0.25, 0.3) is 21.7 Å². The number of ether oxygens (including phenoxy) is 2. The van der Waals surface area contributed by atoms with E-state index in [-0.39, 0.29) is 24.5 Å². The summed E-state index contributed by atoms with van der Waals surface area (Å²) >= 11 is 0. The first-order chi connectivity index (χ1) is 16.5. The fourth-order valence-electron chi connectivity index (χ4n) is 4.93. The summed E-state index contributed by atoms with van der Waals surface area (Å²) in [5.41, 5.74) is 4.09. The average molecular weight is 457 g/mol. The SMILES string of the molecule is COc1ccc2cc([C@H](C)C(=O)OC[C@H]3c4[nH]c5ccccc5c4CCN3C(C)=O)ccc2c1. The molecule has 2 heterocycles.